The summed E-state index contributed by atoms with van der Waals surface area (Å²) < 4.78 is 52.5. The average Bonchev–Trinajstić information content (AvgIpc) is 3.27. The van der Waals surface area contributed by atoms with E-state index in [-0.39, 0.29) is 23.8 Å². The molecule has 168 valence electrons. The van der Waals surface area contributed by atoms with Gasteiger partial charge >= 0.3 is 6.18 Å². The molecular weight excluding hydrogens is 402 g/mol. The van der Waals surface area contributed by atoms with E-state index in [4.69, 9.17) is 0 Å². The summed E-state index contributed by atoms with van der Waals surface area (Å²) in [6, 6.07) is 12.9. The molecule has 2 aliphatic rings. The molecule has 1 unspecified atom stereocenters. The molecule has 0 saturated heterocycles. The van der Waals surface area contributed by atoms with Gasteiger partial charge in [-0.1, -0.05) is 62.8 Å². The van der Waals surface area contributed by atoms with Crippen LogP contribution in [0.15, 0.2) is 48.5 Å². The van der Waals surface area contributed by atoms with Gasteiger partial charge in [0.1, 0.15) is 5.82 Å². The zero-order chi connectivity index (χ0) is 21.8. The van der Waals surface area contributed by atoms with Crippen molar-refractivity contribution in [1.29, 1.82) is 0 Å². The Kier molecular flexibility index (Phi) is 7.00. The number of benzene rings is 2. The molecule has 0 aromatic heterocycles. The van der Waals surface area contributed by atoms with E-state index in [1.807, 2.05) is 12.1 Å². The summed E-state index contributed by atoms with van der Waals surface area (Å²) in [4.78, 5) is 0. The van der Waals surface area contributed by atoms with Gasteiger partial charge in [-0.3, -0.25) is 0 Å². The zero-order valence-corrected chi connectivity index (χ0v) is 17.8. The zero-order valence-electron chi connectivity index (χ0n) is 17.8. The molecule has 31 heavy (non-hydrogen) atoms. The normalized spacial score (nSPS) is 23.7. The van der Waals surface area contributed by atoms with Crippen LogP contribution in [-0.4, -0.2) is 6.04 Å². The third-order valence-electron chi connectivity index (χ3n) is 7.16. The first-order chi connectivity index (χ1) is 14.9. The highest BCUT2D eigenvalue weighted by Gasteiger charge is 2.33. The van der Waals surface area contributed by atoms with Gasteiger partial charge < -0.3 is 5.32 Å². The summed E-state index contributed by atoms with van der Waals surface area (Å²) in [5, 5.41) is 3.87. The van der Waals surface area contributed by atoms with Gasteiger partial charge in [0.15, 0.2) is 0 Å². The van der Waals surface area contributed by atoms with E-state index < -0.39 is 11.7 Å². The molecule has 2 aromatic rings. The van der Waals surface area contributed by atoms with Crippen LogP contribution < -0.4 is 5.32 Å². The minimum absolute atomic E-state index is 0.142. The molecule has 2 saturated carbocycles. The van der Waals surface area contributed by atoms with Crippen LogP contribution in [0.25, 0.3) is 0 Å². The molecule has 1 nitrogen and oxygen atoms in total. The smallest absolute Gasteiger partial charge is 0.307 e. The predicted molar refractivity (Wildman–Crippen MR) is 115 cm³/mol. The fourth-order valence-corrected chi connectivity index (χ4v) is 5.48. The Morgan fingerprint density at radius 1 is 0.806 bits per heavy atom. The molecule has 0 bridgehead atoms. The Hall–Kier alpha value is -1.88. The van der Waals surface area contributed by atoms with Crippen molar-refractivity contribution in [3.63, 3.8) is 0 Å². The van der Waals surface area contributed by atoms with Crippen LogP contribution in [0.3, 0.4) is 0 Å². The first kappa shape index (κ1) is 22.3. The number of nitrogens with one attached hydrogen (secondary N) is 1. The largest absolute Gasteiger partial charge is 0.416 e. The fraction of sp³-hybridized carbons (Fsp3) is 0.538. The Labute approximate surface area is 182 Å². The third kappa shape index (κ3) is 5.68. The van der Waals surface area contributed by atoms with Crippen LogP contribution in [0.1, 0.15) is 86.4 Å². The Morgan fingerprint density at radius 3 is 2.06 bits per heavy atom. The Balaban J connectivity index is 1.54. The van der Waals surface area contributed by atoms with Crippen LogP contribution in [0.4, 0.5) is 17.6 Å². The van der Waals surface area contributed by atoms with Gasteiger partial charge in [-0.15, -0.1) is 0 Å². The molecular formula is C26H31F4N. The van der Waals surface area contributed by atoms with Crippen molar-refractivity contribution in [2.24, 2.45) is 5.92 Å². The number of hydrogen-bond donors (Lipinski definition) is 1. The molecule has 2 aromatic carbocycles. The lowest BCUT2D eigenvalue weighted by molar-refractivity contribution is -0.137. The summed E-state index contributed by atoms with van der Waals surface area (Å²) in [5.74, 6) is 0.641. The van der Waals surface area contributed by atoms with Crippen LogP contribution in [0.2, 0.25) is 0 Å². The maximum absolute atomic E-state index is 13.5. The van der Waals surface area contributed by atoms with E-state index in [0.29, 0.717) is 5.92 Å². The first-order valence-corrected chi connectivity index (χ1v) is 11.6. The summed E-state index contributed by atoms with van der Waals surface area (Å²) in [6.07, 6.45) is 5.95. The SMILES string of the molecule is Fc1ccc(C(CC2CCCC2)N[C@@H]2CCCC[C@H]2c2ccc(C(F)(F)F)cc2)cc1. The lowest BCUT2D eigenvalue weighted by Crippen LogP contribution is -2.40. The highest BCUT2D eigenvalue weighted by atomic mass is 19.4. The van der Waals surface area contributed by atoms with Crippen LogP contribution in [0.5, 0.6) is 0 Å². The van der Waals surface area contributed by atoms with Gasteiger partial charge in [-0.2, -0.15) is 13.2 Å². The summed E-state index contributed by atoms with van der Waals surface area (Å²) in [6.45, 7) is 0. The Bertz CT molecular complexity index is 822. The van der Waals surface area contributed by atoms with E-state index in [9.17, 15) is 17.6 Å². The molecule has 2 aliphatic carbocycles. The van der Waals surface area contributed by atoms with Gasteiger partial charge in [0, 0.05) is 12.1 Å². The van der Waals surface area contributed by atoms with Gasteiger partial charge in [0.2, 0.25) is 0 Å². The first-order valence-electron chi connectivity index (χ1n) is 11.6. The summed E-state index contributed by atoms with van der Waals surface area (Å²) >= 11 is 0. The topological polar surface area (TPSA) is 12.0 Å². The van der Waals surface area contributed by atoms with E-state index >= 15 is 0 Å². The van der Waals surface area contributed by atoms with Crippen LogP contribution in [-0.2, 0) is 6.18 Å². The maximum atomic E-state index is 13.5. The Morgan fingerprint density at radius 2 is 1.42 bits per heavy atom. The van der Waals surface area contributed by atoms with Gasteiger partial charge in [0.05, 0.1) is 5.56 Å². The van der Waals surface area contributed by atoms with E-state index in [0.717, 1.165) is 43.2 Å². The highest BCUT2D eigenvalue weighted by Crippen LogP contribution is 2.39. The van der Waals surface area contributed by atoms with Crippen LogP contribution >= 0.6 is 0 Å². The number of alkyl halides is 3. The molecule has 5 heteroatoms. The van der Waals surface area contributed by atoms with Crippen molar-refractivity contribution >= 4 is 0 Å². The molecule has 0 heterocycles. The minimum atomic E-state index is -4.31. The second-order valence-corrected chi connectivity index (χ2v) is 9.27. The standard InChI is InChI=1S/C26H31F4N/c27-22-15-11-20(12-16-22)25(17-18-5-1-2-6-18)31-24-8-4-3-7-23(24)19-9-13-21(14-10-19)26(28,29)30/h9-16,18,23-25,31H,1-8,17H2/t23-,24+,25?/m0/s1. The lowest BCUT2D eigenvalue weighted by Gasteiger charge is -2.36. The molecule has 2 fully saturated rings. The van der Waals surface area contributed by atoms with Crippen molar-refractivity contribution in [3.8, 4) is 0 Å². The summed E-state index contributed by atoms with van der Waals surface area (Å²) in [7, 11) is 0. The van der Waals surface area contributed by atoms with E-state index in [2.05, 4.69) is 5.32 Å². The number of hydrogen-bond acceptors (Lipinski definition) is 1. The van der Waals surface area contributed by atoms with E-state index in [1.54, 1.807) is 12.1 Å². The molecule has 4 rings (SSSR count). The second-order valence-electron chi connectivity index (χ2n) is 9.27. The molecule has 0 aliphatic heterocycles. The monoisotopic (exact) mass is 433 g/mol. The van der Waals surface area contributed by atoms with Crippen molar-refractivity contribution in [2.75, 3.05) is 0 Å². The average molecular weight is 434 g/mol. The van der Waals surface area contributed by atoms with Crippen molar-refractivity contribution in [3.05, 3.63) is 71.0 Å². The number of halogens is 4. The highest BCUT2D eigenvalue weighted by molar-refractivity contribution is 5.29. The fourth-order valence-electron chi connectivity index (χ4n) is 5.48. The predicted octanol–water partition coefficient (Wildman–Crippen LogP) is 7.78. The van der Waals surface area contributed by atoms with Gasteiger partial charge in [-0.05, 0) is 66.5 Å². The lowest BCUT2D eigenvalue weighted by atomic mass is 9.79. The quantitative estimate of drug-likeness (QED) is 0.459. The molecule has 3 atom stereocenters. The second kappa shape index (κ2) is 9.72. The maximum Gasteiger partial charge on any atom is 0.416 e. The van der Waals surface area contributed by atoms with Gasteiger partial charge in [0.25, 0.3) is 0 Å². The molecule has 1 N–H and O–H groups in total. The van der Waals surface area contributed by atoms with Crippen LogP contribution in [0, 0.1) is 11.7 Å². The van der Waals surface area contributed by atoms with E-state index in [1.165, 1.54) is 49.9 Å². The molecule has 0 radical (unpaired) electrons. The van der Waals surface area contributed by atoms with Crippen molar-refractivity contribution in [1.82, 2.24) is 5.32 Å². The van der Waals surface area contributed by atoms with Gasteiger partial charge in [-0.25, -0.2) is 4.39 Å². The number of rotatable bonds is 6. The molecule has 0 amide bonds. The summed E-state index contributed by atoms with van der Waals surface area (Å²) in [5.41, 5.74) is 1.48. The minimum Gasteiger partial charge on any atom is -0.307 e. The van der Waals surface area contributed by atoms with Crippen molar-refractivity contribution in [2.45, 2.75) is 82.0 Å². The third-order valence-corrected chi connectivity index (χ3v) is 7.16. The molecule has 0 spiro atoms. The van der Waals surface area contributed by atoms with Crippen molar-refractivity contribution < 1.29 is 17.6 Å².